The number of nitrogens with zero attached hydrogens (tertiary/aromatic N) is 2. The number of carbonyl (C=O) groups is 1. The second kappa shape index (κ2) is 12.5. The van der Waals surface area contributed by atoms with Gasteiger partial charge < -0.3 is 10.6 Å². The molecular weight excluding hydrogens is 392 g/mol. The second-order valence-corrected chi connectivity index (χ2v) is 7.07. The second-order valence-electron chi connectivity index (χ2n) is 7.07. The number of pyridine rings is 2. The monoisotopic (exact) mass is 420 g/mol. The van der Waals surface area contributed by atoms with Crippen molar-refractivity contribution in [1.29, 1.82) is 0 Å². The Kier molecular flexibility index (Phi) is 9.12. The molecule has 31 heavy (non-hydrogen) atoms. The van der Waals surface area contributed by atoms with E-state index in [4.69, 9.17) is 4.89 Å². The van der Waals surface area contributed by atoms with E-state index in [2.05, 4.69) is 25.5 Å². The van der Waals surface area contributed by atoms with Gasteiger partial charge in [0.2, 0.25) is 5.91 Å². The first kappa shape index (κ1) is 22.6. The zero-order valence-electron chi connectivity index (χ0n) is 17.7. The molecule has 3 rings (SSSR count). The molecule has 3 aromatic rings. The number of rotatable bonds is 12. The summed E-state index contributed by atoms with van der Waals surface area (Å²) in [5, 5.41) is 6.44. The van der Waals surface area contributed by atoms with Crippen molar-refractivity contribution in [2.24, 2.45) is 0 Å². The highest BCUT2D eigenvalue weighted by molar-refractivity contribution is 5.83. The topological polar surface area (TPSA) is 85.4 Å². The van der Waals surface area contributed by atoms with Gasteiger partial charge in [0, 0.05) is 37.9 Å². The van der Waals surface area contributed by atoms with E-state index in [1.807, 2.05) is 54.7 Å². The lowest BCUT2D eigenvalue weighted by Gasteiger charge is -2.19. The first-order valence-corrected chi connectivity index (χ1v) is 10.3. The number of benzene rings is 1. The van der Waals surface area contributed by atoms with E-state index in [9.17, 15) is 4.79 Å². The van der Waals surface area contributed by atoms with Gasteiger partial charge in [0.15, 0.2) is 0 Å². The van der Waals surface area contributed by atoms with Gasteiger partial charge in [-0.15, -0.1) is 0 Å². The lowest BCUT2D eigenvalue weighted by atomic mass is 10.0. The lowest BCUT2D eigenvalue weighted by Crippen LogP contribution is -2.39. The van der Waals surface area contributed by atoms with Crippen molar-refractivity contribution in [2.75, 3.05) is 20.2 Å². The smallest absolute Gasteiger partial charge is 0.241 e. The van der Waals surface area contributed by atoms with Crippen LogP contribution in [0.5, 0.6) is 0 Å². The van der Waals surface area contributed by atoms with Gasteiger partial charge in [-0.2, -0.15) is 0 Å². The highest BCUT2D eigenvalue weighted by Gasteiger charge is 2.19. The van der Waals surface area contributed by atoms with Crippen LogP contribution < -0.4 is 10.6 Å². The van der Waals surface area contributed by atoms with E-state index in [1.165, 1.54) is 7.11 Å². The molecule has 1 unspecified atom stereocenters. The van der Waals surface area contributed by atoms with Gasteiger partial charge in [-0.25, -0.2) is 9.78 Å². The first-order chi connectivity index (χ1) is 15.3. The number of hydrogen-bond acceptors (Lipinski definition) is 6. The van der Waals surface area contributed by atoms with Crippen LogP contribution in [0.2, 0.25) is 0 Å². The minimum absolute atomic E-state index is 0.0545. The summed E-state index contributed by atoms with van der Waals surface area (Å²) < 4.78 is 0. The molecule has 2 N–H and O–H groups in total. The standard InChI is InChI=1S/C24H28N4O3/c1-30-31-18-21-4-6-22(7-5-21)23(27-15-11-20-3-2-12-26-17-20)24(29)28-16-10-19-8-13-25-14-9-19/h2-9,12-14,17,23,27H,10-11,15-16,18H2,1H3,(H,28,29). The predicted molar refractivity (Wildman–Crippen MR) is 118 cm³/mol. The molecule has 162 valence electrons. The number of carbonyl (C=O) groups excluding carboxylic acids is 1. The Balaban J connectivity index is 1.61. The van der Waals surface area contributed by atoms with Crippen molar-refractivity contribution < 1.29 is 14.6 Å². The van der Waals surface area contributed by atoms with Crippen LogP contribution in [0.1, 0.15) is 28.3 Å². The maximum atomic E-state index is 13.0. The largest absolute Gasteiger partial charge is 0.354 e. The molecule has 1 aromatic carbocycles. The molecule has 0 saturated heterocycles. The highest BCUT2D eigenvalue weighted by Crippen LogP contribution is 2.15. The molecule has 0 fully saturated rings. The van der Waals surface area contributed by atoms with Crippen molar-refractivity contribution in [3.05, 3.63) is 95.6 Å². The molecule has 0 aliphatic carbocycles. The lowest BCUT2D eigenvalue weighted by molar-refractivity contribution is -0.282. The molecule has 1 atom stereocenters. The number of nitrogens with one attached hydrogen (secondary N) is 2. The molecule has 0 aliphatic heterocycles. The van der Waals surface area contributed by atoms with Crippen LogP contribution in [-0.2, 0) is 34.0 Å². The average Bonchev–Trinajstić information content (AvgIpc) is 2.82. The molecule has 0 radical (unpaired) electrons. The molecule has 0 aliphatic rings. The van der Waals surface area contributed by atoms with Gasteiger partial charge >= 0.3 is 0 Å². The summed E-state index contributed by atoms with van der Waals surface area (Å²) in [6.45, 7) is 1.57. The maximum absolute atomic E-state index is 13.0. The maximum Gasteiger partial charge on any atom is 0.241 e. The van der Waals surface area contributed by atoms with Crippen molar-refractivity contribution >= 4 is 5.91 Å². The first-order valence-electron chi connectivity index (χ1n) is 10.3. The van der Waals surface area contributed by atoms with Crippen molar-refractivity contribution in [1.82, 2.24) is 20.6 Å². The van der Waals surface area contributed by atoms with E-state index < -0.39 is 6.04 Å². The van der Waals surface area contributed by atoms with Crippen molar-refractivity contribution in [3.8, 4) is 0 Å². The Morgan fingerprint density at radius 2 is 1.68 bits per heavy atom. The number of amides is 1. The summed E-state index contributed by atoms with van der Waals surface area (Å²) >= 11 is 0. The van der Waals surface area contributed by atoms with Gasteiger partial charge in [0.25, 0.3) is 0 Å². The molecular formula is C24H28N4O3. The SMILES string of the molecule is COOCc1ccc(C(NCCc2cccnc2)C(=O)NCCc2ccncc2)cc1. The van der Waals surface area contributed by atoms with Crippen LogP contribution in [0.4, 0.5) is 0 Å². The summed E-state index contributed by atoms with van der Waals surface area (Å²) in [6, 6.07) is 15.2. The van der Waals surface area contributed by atoms with Gasteiger partial charge in [-0.05, 0) is 53.3 Å². The Labute approximate surface area is 182 Å². The Hall–Kier alpha value is -3.13. The fourth-order valence-corrected chi connectivity index (χ4v) is 3.18. The third-order valence-electron chi connectivity index (χ3n) is 4.87. The van der Waals surface area contributed by atoms with Crippen LogP contribution in [0.25, 0.3) is 0 Å². The minimum Gasteiger partial charge on any atom is -0.354 e. The Morgan fingerprint density at radius 3 is 2.39 bits per heavy atom. The summed E-state index contributed by atoms with van der Waals surface area (Å²) in [5.74, 6) is -0.0545. The fourth-order valence-electron chi connectivity index (χ4n) is 3.18. The third-order valence-corrected chi connectivity index (χ3v) is 4.87. The van der Waals surface area contributed by atoms with Gasteiger partial charge in [-0.3, -0.25) is 14.8 Å². The summed E-state index contributed by atoms with van der Waals surface area (Å²) in [4.78, 5) is 30.8. The Morgan fingerprint density at radius 1 is 0.903 bits per heavy atom. The van der Waals surface area contributed by atoms with Crippen LogP contribution in [0.15, 0.2) is 73.3 Å². The van der Waals surface area contributed by atoms with Gasteiger partial charge in [0.1, 0.15) is 12.6 Å². The van der Waals surface area contributed by atoms with Crippen LogP contribution >= 0.6 is 0 Å². The highest BCUT2D eigenvalue weighted by atomic mass is 17.2. The molecule has 0 spiro atoms. The number of aromatic nitrogens is 2. The molecule has 0 saturated carbocycles. The van der Waals surface area contributed by atoms with Crippen molar-refractivity contribution in [2.45, 2.75) is 25.5 Å². The normalized spacial score (nSPS) is 11.8. The van der Waals surface area contributed by atoms with Crippen LogP contribution in [-0.4, -0.2) is 36.1 Å². The van der Waals surface area contributed by atoms with E-state index in [-0.39, 0.29) is 5.91 Å². The van der Waals surface area contributed by atoms with E-state index >= 15 is 0 Å². The predicted octanol–water partition coefficient (Wildman–Crippen LogP) is 2.79. The third kappa shape index (κ3) is 7.57. The van der Waals surface area contributed by atoms with Gasteiger partial charge in [-0.1, -0.05) is 30.3 Å². The summed E-state index contributed by atoms with van der Waals surface area (Å²) in [7, 11) is 1.48. The zero-order valence-corrected chi connectivity index (χ0v) is 17.7. The quantitative estimate of drug-likeness (QED) is 0.346. The Bertz CT molecular complexity index is 905. The van der Waals surface area contributed by atoms with Crippen LogP contribution in [0.3, 0.4) is 0 Å². The molecule has 7 heteroatoms. The van der Waals surface area contributed by atoms with E-state index in [0.717, 1.165) is 35.1 Å². The average molecular weight is 421 g/mol. The fraction of sp³-hybridized carbons (Fsp3) is 0.292. The van der Waals surface area contributed by atoms with Crippen LogP contribution in [0, 0.1) is 0 Å². The van der Waals surface area contributed by atoms with Gasteiger partial charge in [0.05, 0.1) is 7.11 Å². The van der Waals surface area contributed by atoms with E-state index in [0.29, 0.717) is 19.7 Å². The molecule has 7 nitrogen and oxygen atoms in total. The summed E-state index contributed by atoms with van der Waals surface area (Å²) in [5.41, 5.74) is 4.13. The number of hydrogen-bond donors (Lipinski definition) is 2. The van der Waals surface area contributed by atoms with E-state index in [1.54, 1.807) is 18.6 Å². The molecule has 2 aromatic heterocycles. The zero-order chi connectivity index (χ0) is 21.7. The summed E-state index contributed by atoms with van der Waals surface area (Å²) in [6.07, 6.45) is 8.66. The van der Waals surface area contributed by atoms with Crippen molar-refractivity contribution in [3.63, 3.8) is 0 Å². The molecule has 1 amide bonds. The molecule has 2 heterocycles. The minimum atomic E-state index is -0.452. The molecule has 0 bridgehead atoms.